The molecule has 0 fully saturated rings. The van der Waals surface area contributed by atoms with E-state index in [0.29, 0.717) is 5.56 Å². The predicted molar refractivity (Wildman–Crippen MR) is 71.4 cm³/mol. The minimum Gasteiger partial charge on any atom is -0.497 e. The highest BCUT2D eigenvalue weighted by Crippen LogP contribution is 2.14. The molecule has 2 aromatic carbocycles. The standard InChI is InChI=1S/C15H12N2O/c1-18-15-7-5-12(6-8-15)11-17-14-4-2-3-13(9-14)10-16/h2-9,11H,1H3. The van der Waals surface area contributed by atoms with Gasteiger partial charge < -0.3 is 4.74 Å². The van der Waals surface area contributed by atoms with Gasteiger partial charge in [-0.3, -0.25) is 4.99 Å². The van der Waals surface area contributed by atoms with Crippen molar-refractivity contribution in [3.8, 4) is 11.8 Å². The molecule has 0 N–H and O–H groups in total. The van der Waals surface area contributed by atoms with E-state index in [1.54, 1.807) is 25.5 Å². The van der Waals surface area contributed by atoms with Gasteiger partial charge in [0, 0.05) is 6.21 Å². The third-order valence-corrected chi connectivity index (χ3v) is 2.45. The third-order valence-electron chi connectivity index (χ3n) is 2.45. The Morgan fingerprint density at radius 1 is 1.17 bits per heavy atom. The summed E-state index contributed by atoms with van der Waals surface area (Å²) in [5.74, 6) is 0.818. The second-order valence-corrected chi connectivity index (χ2v) is 3.69. The molecule has 0 saturated heterocycles. The normalized spacial score (nSPS) is 10.2. The molecule has 0 bridgehead atoms. The second kappa shape index (κ2) is 5.65. The van der Waals surface area contributed by atoms with Crippen LogP contribution in [0.1, 0.15) is 11.1 Å². The lowest BCUT2D eigenvalue weighted by Gasteiger charge is -1.99. The molecule has 0 amide bonds. The van der Waals surface area contributed by atoms with Crippen molar-refractivity contribution in [1.82, 2.24) is 0 Å². The van der Waals surface area contributed by atoms with Gasteiger partial charge in [0.1, 0.15) is 5.75 Å². The monoisotopic (exact) mass is 236 g/mol. The molecule has 0 unspecified atom stereocenters. The summed E-state index contributed by atoms with van der Waals surface area (Å²) in [6.45, 7) is 0. The zero-order valence-electron chi connectivity index (χ0n) is 10.00. The summed E-state index contributed by atoms with van der Waals surface area (Å²) in [6.07, 6.45) is 1.76. The summed E-state index contributed by atoms with van der Waals surface area (Å²) >= 11 is 0. The van der Waals surface area contributed by atoms with Gasteiger partial charge in [0.15, 0.2) is 0 Å². The van der Waals surface area contributed by atoms with Crippen LogP contribution in [-0.4, -0.2) is 13.3 Å². The van der Waals surface area contributed by atoms with Gasteiger partial charge in [0.05, 0.1) is 24.4 Å². The van der Waals surface area contributed by atoms with Crippen LogP contribution in [-0.2, 0) is 0 Å². The Labute approximate surface area is 106 Å². The van der Waals surface area contributed by atoms with Crippen LogP contribution in [0.4, 0.5) is 5.69 Å². The van der Waals surface area contributed by atoms with E-state index in [-0.39, 0.29) is 0 Å². The van der Waals surface area contributed by atoms with E-state index in [1.807, 2.05) is 36.4 Å². The third kappa shape index (κ3) is 2.96. The Bertz CT molecular complexity index is 595. The van der Waals surface area contributed by atoms with Crippen LogP contribution in [0, 0.1) is 11.3 Å². The highest BCUT2D eigenvalue weighted by molar-refractivity contribution is 5.82. The molecule has 0 aromatic heterocycles. The van der Waals surface area contributed by atoms with Gasteiger partial charge in [-0.1, -0.05) is 6.07 Å². The van der Waals surface area contributed by atoms with E-state index in [2.05, 4.69) is 11.1 Å². The molecule has 18 heavy (non-hydrogen) atoms. The van der Waals surface area contributed by atoms with Crippen LogP contribution in [0.15, 0.2) is 53.5 Å². The molecule has 0 aliphatic heterocycles. The number of ether oxygens (including phenoxy) is 1. The van der Waals surface area contributed by atoms with Gasteiger partial charge in [-0.05, 0) is 48.0 Å². The molecular weight excluding hydrogens is 224 g/mol. The number of nitriles is 1. The number of methoxy groups -OCH3 is 1. The summed E-state index contributed by atoms with van der Waals surface area (Å²) in [5.41, 5.74) is 2.36. The molecular formula is C15H12N2O. The van der Waals surface area contributed by atoms with Gasteiger partial charge in [0.2, 0.25) is 0 Å². The van der Waals surface area contributed by atoms with Gasteiger partial charge in [-0.25, -0.2) is 0 Å². The average Bonchev–Trinajstić information content (AvgIpc) is 2.46. The second-order valence-electron chi connectivity index (χ2n) is 3.69. The largest absolute Gasteiger partial charge is 0.497 e. The van der Waals surface area contributed by atoms with E-state index < -0.39 is 0 Å². The van der Waals surface area contributed by atoms with Crippen LogP contribution in [0.5, 0.6) is 5.75 Å². The number of hydrogen-bond acceptors (Lipinski definition) is 3. The number of benzene rings is 2. The van der Waals surface area contributed by atoms with Crippen LogP contribution in [0.2, 0.25) is 0 Å². The van der Waals surface area contributed by atoms with Crippen molar-refractivity contribution in [1.29, 1.82) is 5.26 Å². The minimum atomic E-state index is 0.611. The van der Waals surface area contributed by atoms with Crippen molar-refractivity contribution in [3.63, 3.8) is 0 Å². The summed E-state index contributed by atoms with van der Waals surface area (Å²) in [7, 11) is 1.64. The number of hydrogen-bond donors (Lipinski definition) is 0. The van der Waals surface area contributed by atoms with Crippen molar-refractivity contribution in [2.75, 3.05) is 7.11 Å². The lowest BCUT2D eigenvalue weighted by atomic mass is 10.2. The van der Waals surface area contributed by atoms with Crippen molar-refractivity contribution in [2.45, 2.75) is 0 Å². The number of aliphatic imine (C=N–C) groups is 1. The van der Waals surface area contributed by atoms with Crippen LogP contribution < -0.4 is 4.74 Å². The Morgan fingerprint density at radius 2 is 1.94 bits per heavy atom. The van der Waals surface area contributed by atoms with Gasteiger partial charge >= 0.3 is 0 Å². The molecule has 0 atom stereocenters. The molecule has 3 nitrogen and oxygen atoms in total. The first-order valence-electron chi connectivity index (χ1n) is 5.50. The highest BCUT2D eigenvalue weighted by atomic mass is 16.5. The van der Waals surface area contributed by atoms with Gasteiger partial charge in [0.25, 0.3) is 0 Å². The van der Waals surface area contributed by atoms with Crippen molar-refractivity contribution >= 4 is 11.9 Å². The van der Waals surface area contributed by atoms with Crippen LogP contribution in [0.3, 0.4) is 0 Å². The summed E-state index contributed by atoms with van der Waals surface area (Å²) < 4.78 is 5.08. The van der Waals surface area contributed by atoms with Crippen LogP contribution in [0.25, 0.3) is 0 Å². The van der Waals surface area contributed by atoms with Gasteiger partial charge in [-0.2, -0.15) is 5.26 Å². The van der Waals surface area contributed by atoms with E-state index in [9.17, 15) is 0 Å². The zero-order chi connectivity index (χ0) is 12.8. The Kier molecular flexibility index (Phi) is 3.72. The number of rotatable bonds is 3. The van der Waals surface area contributed by atoms with Crippen molar-refractivity contribution in [2.24, 2.45) is 4.99 Å². The summed E-state index contributed by atoms with van der Waals surface area (Å²) in [5, 5.41) is 8.79. The molecule has 3 heteroatoms. The molecule has 0 saturated carbocycles. The smallest absolute Gasteiger partial charge is 0.118 e. The summed E-state index contributed by atoms with van der Waals surface area (Å²) in [4.78, 5) is 4.32. The fourth-order valence-electron chi connectivity index (χ4n) is 1.49. The quantitative estimate of drug-likeness (QED) is 0.767. The Morgan fingerprint density at radius 3 is 2.61 bits per heavy atom. The van der Waals surface area contributed by atoms with E-state index >= 15 is 0 Å². The first-order chi connectivity index (χ1) is 8.81. The van der Waals surface area contributed by atoms with Crippen LogP contribution >= 0.6 is 0 Å². The highest BCUT2D eigenvalue weighted by Gasteiger charge is 1.93. The van der Waals surface area contributed by atoms with E-state index in [1.165, 1.54) is 0 Å². The molecule has 0 aliphatic carbocycles. The minimum absolute atomic E-state index is 0.611. The Balaban J connectivity index is 2.16. The molecule has 2 rings (SSSR count). The number of nitrogens with zero attached hydrogens (tertiary/aromatic N) is 2. The van der Waals surface area contributed by atoms with Crippen molar-refractivity contribution in [3.05, 3.63) is 59.7 Å². The van der Waals surface area contributed by atoms with Gasteiger partial charge in [-0.15, -0.1) is 0 Å². The first-order valence-corrected chi connectivity index (χ1v) is 5.50. The van der Waals surface area contributed by atoms with E-state index in [4.69, 9.17) is 10.00 Å². The predicted octanol–water partition coefficient (Wildman–Crippen LogP) is 3.32. The van der Waals surface area contributed by atoms with E-state index in [0.717, 1.165) is 17.0 Å². The molecule has 0 heterocycles. The topological polar surface area (TPSA) is 45.4 Å². The Hall–Kier alpha value is -2.60. The molecule has 0 aliphatic rings. The fraction of sp³-hybridized carbons (Fsp3) is 0.0667. The maximum atomic E-state index is 8.79. The molecule has 0 spiro atoms. The lowest BCUT2D eigenvalue weighted by molar-refractivity contribution is 0.415. The average molecular weight is 236 g/mol. The first kappa shape index (κ1) is 11.9. The summed E-state index contributed by atoms with van der Waals surface area (Å²) in [6, 6.07) is 16.9. The molecule has 0 radical (unpaired) electrons. The lowest BCUT2D eigenvalue weighted by Crippen LogP contribution is -1.84. The fourth-order valence-corrected chi connectivity index (χ4v) is 1.49. The maximum Gasteiger partial charge on any atom is 0.118 e. The maximum absolute atomic E-state index is 8.79. The molecule has 88 valence electrons. The zero-order valence-corrected chi connectivity index (χ0v) is 10.00. The molecule has 2 aromatic rings. The SMILES string of the molecule is COc1ccc(C=Nc2cccc(C#N)c2)cc1. The van der Waals surface area contributed by atoms with Crippen molar-refractivity contribution < 1.29 is 4.74 Å².